The average molecular weight is 202 g/mol. The Morgan fingerprint density at radius 3 is 2.80 bits per heavy atom. The molecule has 3 heteroatoms. The topological polar surface area (TPSA) is 41.1 Å². The van der Waals surface area contributed by atoms with Gasteiger partial charge in [0, 0.05) is 6.54 Å². The zero-order valence-corrected chi connectivity index (χ0v) is 8.76. The molecule has 0 aromatic heterocycles. The Balaban J connectivity index is 2.00. The predicted octanol–water partition coefficient (Wildman–Crippen LogP) is 2.14. The van der Waals surface area contributed by atoms with Crippen LogP contribution in [0, 0.1) is 12.3 Å². The quantitative estimate of drug-likeness (QED) is 0.676. The molecule has 1 spiro atoms. The van der Waals surface area contributed by atoms with Crippen molar-refractivity contribution in [3.8, 4) is 0 Å². The molecule has 1 aliphatic carbocycles. The summed E-state index contributed by atoms with van der Waals surface area (Å²) >= 11 is 0. The summed E-state index contributed by atoms with van der Waals surface area (Å²) in [6, 6.07) is 6.07. The highest BCUT2D eigenvalue weighted by Crippen LogP contribution is 2.48. The maximum absolute atomic E-state index is 11.9. The van der Waals surface area contributed by atoms with Crippen LogP contribution in [0.2, 0.25) is 0 Å². The molecule has 0 atom stereocenters. The van der Waals surface area contributed by atoms with Gasteiger partial charge in [0.05, 0.1) is 16.8 Å². The van der Waals surface area contributed by atoms with Crippen molar-refractivity contribution >= 4 is 17.3 Å². The minimum absolute atomic E-state index is 0.118. The van der Waals surface area contributed by atoms with E-state index in [9.17, 15) is 4.79 Å². The van der Waals surface area contributed by atoms with Gasteiger partial charge in [0.15, 0.2) is 0 Å². The van der Waals surface area contributed by atoms with Crippen LogP contribution in [-0.2, 0) is 4.79 Å². The van der Waals surface area contributed by atoms with Gasteiger partial charge >= 0.3 is 0 Å². The number of hydrogen-bond donors (Lipinski definition) is 2. The van der Waals surface area contributed by atoms with Crippen LogP contribution in [0.15, 0.2) is 18.2 Å². The third-order valence-electron chi connectivity index (χ3n) is 3.38. The largest absolute Gasteiger partial charge is 0.382 e. The highest BCUT2D eigenvalue weighted by Gasteiger charge is 2.50. The molecule has 2 aliphatic rings. The van der Waals surface area contributed by atoms with Gasteiger partial charge in [-0.1, -0.05) is 6.07 Å². The number of aryl methyl sites for hydroxylation is 1. The van der Waals surface area contributed by atoms with Gasteiger partial charge < -0.3 is 10.6 Å². The van der Waals surface area contributed by atoms with Gasteiger partial charge in [-0.05, 0) is 37.5 Å². The number of carbonyl (C=O) groups excluding carboxylic acids is 1. The molecule has 1 fully saturated rings. The fraction of sp³-hybridized carbons (Fsp3) is 0.417. The van der Waals surface area contributed by atoms with E-state index in [2.05, 4.69) is 23.6 Å². The molecule has 1 aliphatic heterocycles. The Bertz CT molecular complexity index is 435. The Morgan fingerprint density at radius 2 is 2.07 bits per heavy atom. The molecule has 1 heterocycles. The third-order valence-corrected chi connectivity index (χ3v) is 3.38. The standard InChI is InChI=1S/C12H14N2O/c1-8-2-3-9-10(6-8)13-7-12(4-5-12)11(15)14-9/h2-3,6,13H,4-5,7H2,1H3,(H,14,15). The summed E-state index contributed by atoms with van der Waals surface area (Å²) in [6.45, 7) is 2.83. The summed E-state index contributed by atoms with van der Waals surface area (Å²) < 4.78 is 0. The predicted molar refractivity (Wildman–Crippen MR) is 60.0 cm³/mol. The molecular weight excluding hydrogens is 188 g/mol. The van der Waals surface area contributed by atoms with Crippen molar-refractivity contribution in [3.63, 3.8) is 0 Å². The van der Waals surface area contributed by atoms with Gasteiger partial charge in [-0.3, -0.25) is 4.79 Å². The zero-order valence-electron chi connectivity index (χ0n) is 8.76. The minimum Gasteiger partial charge on any atom is -0.382 e. The first-order chi connectivity index (χ1) is 7.20. The number of rotatable bonds is 0. The number of carbonyl (C=O) groups is 1. The molecule has 1 saturated carbocycles. The Morgan fingerprint density at radius 1 is 1.27 bits per heavy atom. The summed E-state index contributed by atoms with van der Waals surface area (Å²) in [5.41, 5.74) is 3.05. The number of nitrogens with one attached hydrogen (secondary N) is 2. The molecule has 0 bridgehead atoms. The first-order valence-corrected chi connectivity index (χ1v) is 5.36. The van der Waals surface area contributed by atoms with E-state index in [0.717, 1.165) is 30.8 Å². The van der Waals surface area contributed by atoms with E-state index in [4.69, 9.17) is 0 Å². The van der Waals surface area contributed by atoms with Crippen molar-refractivity contribution in [2.75, 3.05) is 17.2 Å². The van der Waals surface area contributed by atoms with Crippen molar-refractivity contribution in [2.24, 2.45) is 5.41 Å². The molecule has 0 unspecified atom stereocenters. The lowest BCUT2D eigenvalue weighted by molar-refractivity contribution is -0.120. The van der Waals surface area contributed by atoms with Gasteiger partial charge in [0.2, 0.25) is 5.91 Å². The zero-order chi connectivity index (χ0) is 10.5. The van der Waals surface area contributed by atoms with Crippen LogP contribution < -0.4 is 10.6 Å². The second kappa shape index (κ2) is 2.75. The highest BCUT2D eigenvalue weighted by atomic mass is 16.2. The molecule has 78 valence electrons. The molecule has 2 N–H and O–H groups in total. The van der Waals surface area contributed by atoms with Crippen LogP contribution in [0.3, 0.4) is 0 Å². The van der Waals surface area contributed by atoms with Crippen LogP contribution in [-0.4, -0.2) is 12.5 Å². The summed E-state index contributed by atoms with van der Waals surface area (Å²) in [6.07, 6.45) is 2.03. The van der Waals surface area contributed by atoms with E-state index in [1.807, 2.05) is 12.1 Å². The Kier molecular flexibility index (Phi) is 1.61. The summed E-state index contributed by atoms with van der Waals surface area (Å²) in [5, 5.41) is 6.37. The normalized spacial score (nSPS) is 21.3. The van der Waals surface area contributed by atoms with Gasteiger partial charge in [-0.25, -0.2) is 0 Å². The van der Waals surface area contributed by atoms with Gasteiger partial charge in [-0.15, -0.1) is 0 Å². The maximum Gasteiger partial charge on any atom is 0.232 e. The minimum atomic E-state index is -0.118. The van der Waals surface area contributed by atoms with Gasteiger partial charge in [-0.2, -0.15) is 0 Å². The average Bonchev–Trinajstić information content (AvgIpc) is 3.00. The number of anilines is 2. The van der Waals surface area contributed by atoms with Crippen LogP contribution in [0.5, 0.6) is 0 Å². The summed E-state index contributed by atoms with van der Waals surface area (Å²) in [5.74, 6) is 0.178. The lowest BCUT2D eigenvalue weighted by Crippen LogP contribution is -2.27. The first kappa shape index (κ1) is 8.77. The SMILES string of the molecule is Cc1ccc2c(c1)NCC1(CC1)C(=O)N2. The number of hydrogen-bond acceptors (Lipinski definition) is 2. The molecule has 3 rings (SSSR count). The Labute approximate surface area is 88.9 Å². The van der Waals surface area contributed by atoms with Gasteiger partial charge in [0.25, 0.3) is 0 Å². The number of fused-ring (bicyclic) bond motifs is 1. The summed E-state index contributed by atoms with van der Waals surface area (Å²) in [4.78, 5) is 11.9. The van der Waals surface area contributed by atoms with Crippen molar-refractivity contribution in [2.45, 2.75) is 19.8 Å². The van der Waals surface area contributed by atoms with E-state index >= 15 is 0 Å². The van der Waals surface area contributed by atoms with Crippen LogP contribution in [0.4, 0.5) is 11.4 Å². The molecule has 1 aromatic rings. The molecule has 0 radical (unpaired) electrons. The summed E-state index contributed by atoms with van der Waals surface area (Å²) in [7, 11) is 0. The van der Waals surface area contributed by atoms with E-state index < -0.39 is 0 Å². The first-order valence-electron chi connectivity index (χ1n) is 5.36. The fourth-order valence-electron chi connectivity index (χ4n) is 2.07. The highest BCUT2D eigenvalue weighted by molar-refractivity contribution is 6.01. The van der Waals surface area contributed by atoms with Crippen LogP contribution >= 0.6 is 0 Å². The van der Waals surface area contributed by atoms with E-state index in [-0.39, 0.29) is 11.3 Å². The molecule has 15 heavy (non-hydrogen) atoms. The van der Waals surface area contributed by atoms with Crippen molar-refractivity contribution < 1.29 is 4.79 Å². The van der Waals surface area contributed by atoms with E-state index in [1.165, 1.54) is 5.56 Å². The lowest BCUT2D eigenvalue weighted by atomic mass is 10.1. The second-order valence-corrected chi connectivity index (χ2v) is 4.64. The molecule has 1 amide bonds. The molecule has 3 nitrogen and oxygen atoms in total. The Hall–Kier alpha value is -1.51. The lowest BCUT2D eigenvalue weighted by Gasteiger charge is -2.09. The monoisotopic (exact) mass is 202 g/mol. The molecule has 0 saturated heterocycles. The smallest absolute Gasteiger partial charge is 0.232 e. The number of benzene rings is 1. The van der Waals surface area contributed by atoms with Crippen molar-refractivity contribution in [3.05, 3.63) is 23.8 Å². The third kappa shape index (κ3) is 1.30. The fourth-order valence-corrected chi connectivity index (χ4v) is 2.07. The number of amides is 1. The van der Waals surface area contributed by atoms with Crippen LogP contribution in [0.25, 0.3) is 0 Å². The van der Waals surface area contributed by atoms with Gasteiger partial charge in [0.1, 0.15) is 0 Å². The van der Waals surface area contributed by atoms with Crippen molar-refractivity contribution in [1.29, 1.82) is 0 Å². The van der Waals surface area contributed by atoms with Crippen molar-refractivity contribution in [1.82, 2.24) is 0 Å². The van der Waals surface area contributed by atoms with E-state index in [0.29, 0.717) is 0 Å². The second-order valence-electron chi connectivity index (χ2n) is 4.64. The van der Waals surface area contributed by atoms with Crippen LogP contribution in [0.1, 0.15) is 18.4 Å². The molecule has 1 aromatic carbocycles. The molecular formula is C12H14N2O. The maximum atomic E-state index is 11.9. The van der Waals surface area contributed by atoms with E-state index in [1.54, 1.807) is 0 Å².